The van der Waals surface area contributed by atoms with Gasteiger partial charge >= 0.3 is 6.09 Å². The van der Waals surface area contributed by atoms with Crippen molar-refractivity contribution in [2.24, 2.45) is 0 Å². The summed E-state index contributed by atoms with van der Waals surface area (Å²) >= 11 is 0. The number of ether oxygens (including phenoxy) is 1. The van der Waals surface area contributed by atoms with E-state index >= 15 is 0 Å². The number of halogens is 1. The van der Waals surface area contributed by atoms with Crippen LogP contribution in [-0.4, -0.2) is 29.1 Å². The second kappa shape index (κ2) is 7.75. The molecule has 5 nitrogen and oxygen atoms in total. The average Bonchev–Trinajstić information content (AvgIpc) is 2.67. The summed E-state index contributed by atoms with van der Waals surface area (Å²) in [5, 5.41) is 8.92. The number of hydrogen-bond acceptors (Lipinski definition) is 4. The Bertz CT molecular complexity index is 781. The topological polar surface area (TPSA) is 66.2 Å². The summed E-state index contributed by atoms with van der Waals surface area (Å²) < 4.78 is 19.6. The fourth-order valence-electron chi connectivity index (χ4n) is 2.98. The van der Waals surface area contributed by atoms with Gasteiger partial charge in [-0.25, -0.2) is 9.18 Å². The molecule has 0 aliphatic carbocycles. The molecule has 3 rings (SSSR count). The second-order valence-electron chi connectivity index (χ2n) is 5.97. The average molecular weight is 339 g/mol. The first-order chi connectivity index (χ1) is 12.2. The zero-order chi connectivity index (χ0) is 17.6. The Morgan fingerprint density at radius 3 is 2.68 bits per heavy atom. The lowest BCUT2D eigenvalue weighted by atomic mass is 9.92. The molecule has 1 saturated heterocycles. The van der Waals surface area contributed by atoms with E-state index in [4.69, 9.17) is 10.00 Å². The Morgan fingerprint density at radius 2 is 2.00 bits per heavy atom. The Kier molecular flexibility index (Phi) is 5.24. The second-order valence-corrected chi connectivity index (χ2v) is 5.97. The maximum Gasteiger partial charge on any atom is 0.410 e. The van der Waals surface area contributed by atoms with Gasteiger partial charge in [0.15, 0.2) is 5.82 Å². The molecule has 0 radical (unpaired) electrons. The van der Waals surface area contributed by atoms with Crippen LogP contribution in [0.25, 0.3) is 0 Å². The first-order valence-electron chi connectivity index (χ1n) is 8.19. The minimum atomic E-state index is -0.546. The number of aromatic nitrogens is 1. The third kappa shape index (κ3) is 3.94. The molecule has 1 aliphatic heterocycles. The number of piperidine rings is 1. The van der Waals surface area contributed by atoms with Crippen LogP contribution in [0.4, 0.5) is 9.18 Å². The summed E-state index contributed by atoms with van der Waals surface area (Å²) in [6.07, 6.45) is 2.29. The van der Waals surface area contributed by atoms with Crippen LogP contribution in [0.5, 0.6) is 0 Å². The number of nitriles is 1. The minimum absolute atomic E-state index is 0.00898. The molecule has 25 heavy (non-hydrogen) atoms. The van der Waals surface area contributed by atoms with Crippen LogP contribution in [0.3, 0.4) is 0 Å². The Labute approximate surface area is 145 Å². The third-order valence-corrected chi connectivity index (χ3v) is 4.38. The molecule has 128 valence electrons. The van der Waals surface area contributed by atoms with Gasteiger partial charge in [-0.15, -0.1) is 0 Å². The largest absolute Gasteiger partial charge is 0.445 e. The zero-order valence-corrected chi connectivity index (χ0v) is 13.7. The Morgan fingerprint density at radius 1 is 1.28 bits per heavy atom. The van der Waals surface area contributed by atoms with Gasteiger partial charge in [0.25, 0.3) is 0 Å². The number of hydrogen-bond donors (Lipinski definition) is 0. The predicted molar refractivity (Wildman–Crippen MR) is 89.1 cm³/mol. The van der Waals surface area contributed by atoms with Crippen LogP contribution >= 0.6 is 0 Å². The number of carbonyl (C=O) groups is 1. The lowest BCUT2D eigenvalue weighted by Crippen LogP contribution is -2.38. The van der Waals surface area contributed by atoms with E-state index in [-0.39, 0.29) is 24.2 Å². The number of likely N-dealkylation sites (tertiary alicyclic amines) is 1. The zero-order valence-electron chi connectivity index (χ0n) is 13.7. The summed E-state index contributed by atoms with van der Waals surface area (Å²) in [7, 11) is 0. The van der Waals surface area contributed by atoms with Crippen LogP contribution in [-0.2, 0) is 11.3 Å². The van der Waals surface area contributed by atoms with E-state index in [1.54, 1.807) is 4.90 Å². The lowest BCUT2D eigenvalue weighted by Gasteiger charge is -2.31. The maximum absolute atomic E-state index is 14.2. The van der Waals surface area contributed by atoms with E-state index < -0.39 is 5.82 Å². The number of benzene rings is 1. The molecule has 0 spiro atoms. The molecule has 1 aromatic carbocycles. The van der Waals surface area contributed by atoms with Crippen LogP contribution in [0, 0.1) is 17.1 Å². The standard InChI is InChI=1S/C19H18FN3O2/c20-17-16(12-21)6-9-22-18(17)15-7-10-23(11-8-15)19(24)25-13-14-4-2-1-3-5-14/h1-6,9,15H,7-8,10-11,13H2. The molecule has 2 heterocycles. The van der Waals surface area contributed by atoms with Gasteiger partial charge in [-0.05, 0) is 24.5 Å². The summed E-state index contributed by atoms with van der Waals surface area (Å²) in [6.45, 7) is 1.20. The number of rotatable bonds is 3. The van der Waals surface area contributed by atoms with Gasteiger partial charge in [0.1, 0.15) is 12.7 Å². The van der Waals surface area contributed by atoms with E-state index in [0.717, 1.165) is 5.56 Å². The molecule has 1 fully saturated rings. The lowest BCUT2D eigenvalue weighted by molar-refractivity contribution is 0.0866. The molecule has 6 heteroatoms. The summed E-state index contributed by atoms with van der Waals surface area (Å²) in [4.78, 5) is 17.9. The van der Waals surface area contributed by atoms with Crippen molar-refractivity contribution in [3.05, 3.63) is 65.2 Å². The molecule has 1 aliphatic rings. The summed E-state index contributed by atoms with van der Waals surface area (Å²) in [5.74, 6) is -0.637. The van der Waals surface area contributed by atoms with Crippen molar-refractivity contribution in [3.8, 4) is 6.07 Å². The predicted octanol–water partition coefficient (Wildman–Crippen LogP) is 3.61. The van der Waals surface area contributed by atoms with Gasteiger partial charge in [-0.1, -0.05) is 30.3 Å². The van der Waals surface area contributed by atoms with Crippen molar-refractivity contribution < 1.29 is 13.9 Å². The van der Waals surface area contributed by atoms with Gasteiger partial charge in [0.2, 0.25) is 0 Å². The van der Waals surface area contributed by atoms with Crippen LogP contribution in [0.2, 0.25) is 0 Å². The van der Waals surface area contributed by atoms with E-state index in [0.29, 0.717) is 31.6 Å². The molecule has 0 N–H and O–H groups in total. The number of pyridine rings is 1. The van der Waals surface area contributed by atoms with E-state index in [1.165, 1.54) is 12.3 Å². The highest BCUT2D eigenvalue weighted by Crippen LogP contribution is 2.29. The molecule has 1 amide bonds. The van der Waals surface area contributed by atoms with Crippen molar-refractivity contribution in [1.82, 2.24) is 9.88 Å². The molecular weight excluding hydrogens is 321 g/mol. The molecule has 0 bridgehead atoms. The number of carbonyl (C=O) groups excluding carboxylic acids is 1. The highest BCUT2D eigenvalue weighted by Gasteiger charge is 2.28. The van der Waals surface area contributed by atoms with Gasteiger partial charge in [-0.3, -0.25) is 4.98 Å². The fraction of sp³-hybridized carbons (Fsp3) is 0.316. The Hall–Kier alpha value is -2.94. The normalized spacial score (nSPS) is 14.8. The van der Waals surface area contributed by atoms with E-state index in [1.807, 2.05) is 36.4 Å². The van der Waals surface area contributed by atoms with Crippen LogP contribution in [0.1, 0.15) is 35.6 Å². The van der Waals surface area contributed by atoms with Gasteiger partial charge in [0, 0.05) is 25.2 Å². The maximum atomic E-state index is 14.2. The van der Waals surface area contributed by atoms with Crippen LogP contribution in [0.15, 0.2) is 42.6 Å². The van der Waals surface area contributed by atoms with Gasteiger partial charge < -0.3 is 9.64 Å². The molecule has 1 aromatic heterocycles. The molecular formula is C19H18FN3O2. The van der Waals surface area contributed by atoms with Gasteiger partial charge in [0.05, 0.1) is 11.3 Å². The molecule has 2 aromatic rings. The van der Waals surface area contributed by atoms with E-state index in [2.05, 4.69) is 4.98 Å². The Balaban J connectivity index is 1.55. The highest BCUT2D eigenvalue weighted by molar-refractivity contribution is 5.67. The quantitative estimate of drug-likeness (QED) is 0.857. The summed E-state index contributed by atoms with van der Waals surface area (Å²) in [5.41, 5.74) is 1.26. The van der Waals surface area contributed by atoms with Crippen molar-refractivity contribution >= 4 is 6.09 Å². The van der Waals surface area contributed by atoms with E-state index in [9.17, 15) is 9.18 Å². The third-order valence-electron chi connectivity index (χ3n) is 4.38. The minimum Gasteiger partial charge on any atom is -0.445 e. The SMILES string of the molecule is N#Cc1ccnc(C2CCN(C(=O)OCc3ccccc3)CC2)c1F. The molecule has 0 unspecified atom stereocenters. The van der Waals surface area contributed by atoms with Gasteiger partial charge in [-0.2, -0.15) is 5.26 Å². The first-order valence-corrected chi connectivity index (χ1v) is 8.19. The smallest absolute Gasteiger partial charge is 0.410 e. The van der Waals surface area contributed by atoms with Crippen molar-refractivity contribution in [2.45, 2.75) is 25.4 Å². The number of amides is 1. The monoisotopic (exact) mass is 339 g/mol. The molecule has 0 atom stereocenters. The first kappa shape index (κ1) is 16.9. The van der Waals surface area contributed by atoms with Crippen molar-refractivity contribution in [3.63, 3.8) is 0 Å². The molecule has 0 saturated carbocycles. The summed E-state index contributed by atoms with van der Waals surface area (Å²) in [6, 6.07) is 12.7. The van der Waals surface area contributed by atoms with Crippen LogP contribution < -0.4 is 0 Å². The van der Waals surface area contributed by atoms with Crippen molar-refractivity contribution in [2.75, 3.05) is 13.1 Å². The van der Waals surface area contributed by atoms with Crippen molar-refractivity contribution in [1.29, 1.82) is 5.26 Å². The number of nitrogens with zero attached hydrogens (tertiary/aromatic N) is 3. The fourth-order valence-corrected chi connectivity index (χ4v) is 2.98. The highest BCUT2D eigenvalue weighted by atomic mass is 19.1.